The average molecular weight is 829 g/mol. The molecular formula is C58H54N4O. The molecule has 0 bridgehead atoms. The van der Waals surface area contributed by atoms with Gasteiger partial charge in [-0.05, 0) is 124 Å². The van der Waals surface area contributed by atoms with Crippen molar-refractivity contribution < 1.29 is 13.0 Å². The first-order chi connectivity index (χ1) is 32.7. The van der Waals surface area contributed by atoms with Gasteiger partial charge < -0.3 is 14.5 Å². The SMILES string of the molecule is [2H]C([2H])([2H])c1cc(-c2ccccc2)ccc1-c1cnc(-n2c3ccccc3c3ccc(Oc4cccc(N5CN(c6cc(C(C)(C)C)cc(C(C)(C)C)c6)c6ccccc65)c4)cc32)cc1C([2H])([2H])[2H]. The van der Waals surface area contributed by atoms with Gasteiger partial charge in [-0.1, -0.05) is 133 Å². The molecule has 1 aliphatic heterocycles. The van der Waals surface area contributed by atoms with Crippen LogP contribution in [-0.2, 0) is 10.8 Å². The quantitative estimate of drug-likeness (QED) is 0.160. The Morgan fingerprint density at radius 1 is 0.508 bits per heavy atom. The second-order valence-electron chi connectivity index (χ2n) is 18.6. The van der Waals surface area contributed by atoms with Crippen molar-refractivity contribution in [3.8, 4) is 39.6 Å². The smallest absolute Gasteiger partial charge is 0.137 e. The maximum Gasteiger partial charge on any atom is 0.137 e. The third kappa shape index (κ3) is 7.42. The molecule has 0 fully saturated rings. The molecule has 0 amide bonds. The summed E-state index contributed by atoms with van der Waals surface area (Å²) in [6, 6.07) is 53.8. The van der Waals surface area contributed by atoms with E-state index in [9.17, 15) is 0 Å². The summed E-state index contributed by atoms with van der Waals surface area (Å²) in [5.74, 6) is 1.63. The molecule has 0 unspecified atom stereocenters. The van der Waals surface area contributed by atoms with E-state index >= 15 is 0 Å². The van der Waals surface area contributed by atoms with Gasteiger partial charge in [0.2, 0.25) is 0 Å². The molecule has 63 heavy (non-hydrogen) atoms. The lowest BCUT2D eigenvalue weighted by molar-refractivity contribution is 0.483. The van der Waals surface area contributed by atoms with Crippen molar-refractivity contribution >= 4 is 44.6 Å². The van der Waals surface area contributed by atoms with Gasteiger partial charge in [-0.25, -0.2) is 4.98 Å². The second kappa shape index (κ2) is 15.4. The van der Waals surface area contributed by atoms with E-state index in [1.807, 2.05) is 95.6 Å². The van der Waals surface area contributed by atoms with E-state index in [-0.39, 0.29) is 27.5 Å². The Morgan fingerprint density at radius 2 is 1.16 bits per heavy atom. The van der Waals surface area contributed by atoms with Crippen LogP contribution in [0.3, 0.4) is 0 Å². The Morgan fingerprint density at radius 3 is 1.89 bits per heavy atom. The predicted octanol–water partition coefficient (Wildman–Crippen LogP) is 15.8. The van der Waals surface area contributed by atoms with Crippen LogP contribution in [0.15, 0.2) is 170 Å². The monoisotopic (exact) mass is 828 g/mol. The van der Waals surface area contributed by atoms with Crippen molar-refractivity contribution in [1.82, 2.24) is 9.55 Å². The molecule has 0 N–H and O–H groups in total. The molecule has 1 aliphatic rings. The third-order valence-corrected chi connectivity index (χ3v) is 12.3. The standard InChI is InChI=1S/C58H54N4O/c1-38-29-41(40-17-10-9-11-18-40)25-27-48(38)51-36-59-56(30-39(51)2)62-52-22-13-12-21-49(52)50-28-26-47(35-55(50)62)63-46-20-16-19-44(34-46)60-37-61(54-24-15-14-23-53(54)60)45-32-42(57(3,4)5)31-43(33-45)58(6,7)8/h9-36H,37H2,1-8H3/i1D3,2D3. The minimum absolute atomic E-state index is 0.000728. The number of aryl methyl sites for hydroxylation is 2. The van der Waals surface area contributed by atoms with Crippen molar-refractivity contribution in [2.24, 2.45) is 0 Å². The minimum atomic E-state index is -2.60. The van der Waals surface area contributed by atoms with Crippen LogP contribution in [0.2, 0.25) is 0 Å². The molecule has 312 valence electrons. The molecule has 0 aliphatic carbocycles. The number of nitrogens with zero attached hydrogens (tertiary/aromatic N) is 4. The largest absolute Gasteiger partial charge is 0.457 e. The summed E-state index contributed by atoms with van der Waals surface area (Å²) < 4.78 is 60.4. The fourth-order valence-corrected chi connectivity index (χ4v) is 8.77. The number of aromatic nitrogens is 2. The predicted molar refractivity (Wildman–Crippen MR) is 265 cm³/mol. The van der Waals surface area contributed by atoms with Crippen molar-refractivity contribution in [2.45, 2.75) is 66.1 Å². The summed E-state index contributed by atoms with van der Waals surface area (Å²) in [6.07, 6.45) is 1.50. The fourth-order valence-electron chi connectivity index (χ4n) is 8.77. The van der Waals surface area contributed by atoms with Crippen LogP contribution in [0.25, 0.3) is 49.9 Å². The Balaban J connectivity index is 1.02. The Bertz CT molecular complexity index is 3380. The number of hydrogen-bond donors (Lipinski definition) is 0. The van der Waals surface area contributed by atoms with Gasteiger partial charge in [-0.2, -0.15) is 0 Å². The fraction of sp³-hybridized carbons (Fsp3) is 0.190. The van der Waals surface area contributed by atoms with E-state index in [4.69, 9.17) is 17.9 Å². The van der Waals surface area contributed by atoms with Gasteiger partial charge in [0.1, 0.15) is 24.0 Å². The van der Waals surface area contributed by atoms with E-state index in [2.05, 4.69) is 106 Å². The van der Waals surface area contributed by atoms with Gasteiger partial charge in [0, 0.05) is 54.3 Å². The summed E-state index contributed by atoms with van der Waals surface area (Å²) in [7, 11) is 0. The van der Waals surface area contributed by atoms with E-state index in [0.717, 1.165) is 55.7 Å². The molecule has 2 aromatic heterocycles. The number of rotatable bonds is 7. The van der Waals surface area contributed by atoms with Crippen LogP contribution in [0.1, 0.15) is 72.0 Å². The summed E-state index contributed by atoms with van der Waals surface area (Å²) in [6.45, 7) is 9.09. The Labute approximate surface area is 380 Å². The van der Waals surface area contributed by atoms with E-state index in [1.165, 1.54) is 17.3 Å². The summed E-state index contributed by atoms with van der Waals surface area (Å²) >= 11 is 0. The van der Waals surface area contributed by atoms with Gasteiger partial charge in [0.05, 0.1) is 22.4 Å². The molecule has 0 radical (unpaired) electrons. The van der Waals surface area contributed by atoms with Crippen molar-refractivity contribution in [2.75, 3.05) is 16.5 Å². The molecule has 5 heteroatoms. The highest BCUT2D eigenvalue weighted by atomic mass is 16.5. The van der Waals surface area contributed by atoms with Crippen molar-refractivity contribution in [3.05, 3.63) is 192 Å². The number of benzene rings is 7. The first-order valence-electron chi connectivity index (χ1n) is 24.5. The molecule has 5 nitrogen and oxygen atoms in total. The van der Waals surface area contributed by atoms with Crippen molar-refractivity contribution in [1.29, 1.82) is 0 Å². The maximum absolute atomic E-state index is 8.74. The number of fused-ring (bicyclic) bond motifs is 4. The molecule has 3 heterocycles. The first kappa shape index (κ1) is 33.5. The number of pyridine rings is 1. The lowest BCUT2D eigenvalue weighted by Crippen LogP contribution is -2.25. The first-order valence-corrected chi connectivity index (χ1v) is 21.5. The molecule has 0 saturated heterocycles. The third-order valence-electron chi connectivity index (χ3n) is 12.3. The van der Waals surface area contributed by atoms with Crippen LogP contribution in [0.5, 0.6) is 11.5 Å². The molecule has 0 spiro atoms. The summed E-state index contributed by atoms with van der Waals surface area (Å²) in [5, 5.41) is 1.90. The Kier molecular flexibility index (Phi) is 8.17. The van der Waals surface area contributed by atoms with Crippen LogP contribution in [0.4, 0.5) is 22.7 Å². The normalized spacial score (nSPS) is 14.8. The second-order valence-corrected chi connectivity index (χ2v) is 18.6. The zero-order valence-electron chi connectivity index (χ0n) is 42.6. The zero-order valence-corrected chi connectivity index (χ0v) is 36.6. The molecule has 9 aromatic rings. The lowest BCUT2D eigenvalue weighted by atomic mass is 9.80. The minimum Gasteiger partial charge on any atom is -0.457 e. The highest BCUT2D eigenvalue weighted by Crippen LogP contribution is 2.47. The van der Waals surface area contributed by atoms with Crippen LogP contribution >= 0.6 is 0 Å². The van der Waals surface area contributed by atoms with Gasteiger partial charge >= 0.3 is 0 Å². The number of anilines is 4. The molecule has 0 saturated carbocycles. The molecule has 10 rings (SSSR count). The Hall–Kier alpha value is -7.11. The zero-order chi connectivity index (χ0) is 48.6. The average Bonchev–Trinajstić information content (AvgIpc) is 3.87. The van der Waals surface area contributed by atoms with E-state index < -0.39 is 13.7 Å². The van der Waals surface area contributed by atoms with Gasteiger partial charge in [-0.15, -0.1) is 0 Å². The van der Waals surface area contributed by atoms with Gasteiger partial charge in [0.25, 0.3) is 0 Å². The van der Waals surface area contributed by atoms with Gasteiger partial charge in [0.15, 0.2) is 0 Å². The summed E-state index contributed by atoms with van der Waals surface area (Å²) in [5.41, 5.74) is 10.7. The molecular weight excluding hydrogens is 769 g/mol. The topological polar surface area (TPSA) is 33.5 Å². The number of ether oxygens (including phenoxy) is 1. The molecule has 7 aromatic carbocycles. The maximum atomic E-state index is 8.74. The van der Waals surface area contributed by atoms with Crippen LogP contribution in [0, 0.1) is 13.7 Å². The van der Waals surface area contributed by atoms with Crippen LogP contribution < -0.4 is 14.5 Å². The molecule has 0 atom stereocenters. The lowest BCUT2D eigenvalue weighted by Gasteiger charge is -2.29. The van der Waals surface area contributed by atoms with E-state index in [1.54, 1.807) is 18.2 Å². The highest BCUT2D eigenvalue weighted by Gasteiger charge is 2.30. The highest BCUT2D eigenvalue weighted by molar-refractivity contribution is 6.09. The van der Waals surface area contributed by atoms with Gasteiger partial charge in [-0.3, -0.25) is 4.57 Å². The summed E-state index contributed by atoms with van der Waals surface area (Å²) in [4.78, 5) is 9.62. The van der Waals surface area contributed by atoms with Crippen molar-refractivity contribution in [3.63, 3.8) is 0 Å². The number of hydrogen-bond acceptors (Lipinski definition) is 4. The van der Waals surface area contributed by atoms with Crippen LogP contribution in [-0.4, -0.2) is 16.2 Å². The number of para-hydroxylation sites is 3. The van der Waals surface area contributed by atoms with E-state index in [0.29, 0.717) is 29.5 Å².